The summed E-state index contributed by atoms with van der Waals surface area (Å²) < 4.78 is 50.0. The van der Waals surface area contributed by atoms with Crippen LogP contribution in [0, 0.1) is 5.41 Å². The van der Waals surface area contributed by atoms with Crippen LogP contribution in [-0.2, 0) is 24.3 Å². The summed E-state index contributed by atoms with van der Waals surface area (Å²) in [6, 6.07) is 31.2. The molecule has 8 rings (SSSR count). The predicted molar refractivity (Wildman–Crippen MR) is 229 cm³/mol. The molecule has 7 nitrogen and oxygen atoms in total. The molecule has 0 aliphatic heterocycles. The minimum atomic E-state index is -4.82. The van der Waals surface area contributed by atoms with Gasteiger partial charge < -0.3 is 24.8 Å². The molecule has 3 aliphatic rings. The Kier molecular flexibility index (Phi) is 13.6. The Morgan fingerprint density at radius 2 is 1.70 bits per heavy atom. The summed E-state index contributed by atoms with van der Waals surface area (Å²) >= 11 is 1.46. The molecular formula is C49H54F3NO6S. The number of benzene rings is 4. The maximum absolute atomic E-state index is 14.7. The number of allylic oxidation sites excluding steroid dienone is 2. The first-order chi connectivity index (χ1) is 28.7. The van der Waals surface area contributed by atoms with Crippen LogP contribution in [0.3, 0.4) is 0 Å². The monoisotopic (exact) mass is 841 g/mol. The third-order valence-electron chi connectivity index (χ3n) is 12.5. The fourth-order valence-electron chi connectivity index (χ4n) is 9.27. The van der Waals surface area contributed by atoms with Gasteiger partial charge in [0.1, 0.15) is 5.75 Å². The van der Waals surface area contributed by atoms with Crippen molar-refractivity contribution in [3.05, 3.63) is 147 Å². The normalized spacial score (nSPS) is 23.0. The molecular weight excluding hydrogens is 788 g/mol. The van der Waals surface area contributed by atoms with Gasteiger partial charge in [-0.2, -0.15) is 0 Å². The van der Waals surface area contributed by atoms with Crippen molar-refractivity contribution in [1.29, 1.82) is 0 Å². The number of aliphatic hydroxyl groups excluding tert-OH is 2. The molecule has 60 heavy (non-hydrogen) atoms. The largest absolute Gasteiger partial charge is 0.573 e. The zero-order valence-corrected chi connectivity index (χ0v) is 35.0. The van der Waals surface area contributed by atoms with E-state index in [1.54, 1.807) is 12.1 Å². The van der Waals surface area contributed by atoms with Crippen LogP contribution in [0.25, 0.3) is 10.1 Å². The number of halogens is 3. The molecule has 5 atom stereocenters. The van der Waals surface area contributed by atoms with E-state index in [0.717, 1.165) is 33.2 Å². The van der Waals surface area contributed by atoms with Crippen molar-refractivity contribution in [3.8, 4) is 5.75 Å². The number of nitrogens with zero attached hydrogens (tertiary/aromatic N) is 1. The second kappa shape index (κ2) is 18.7. The van der Waals surface area contributed by atoms with Gasteiger partial charge in [-0.05, 0) is 116 Å². The van der Waals surface area contributed by atoms with Gasteiger partial charge in [0.05, 0.1) is 35.9 Å². The van der Waals surface area contributed by atoms with Crippen LogP contribution in [0.2, 0.25) is 0 Å². The van der Waals surface area contributed by atoms with Gasteiger partial charge in [-0.25, -0.2) is 0 Å². The lowest BCUT2D eigenvalue weighted by atomic mass is 9.64. The van der Waals surface area contributed by atoms with Gasteiger partial charge in [0.15, 0.2) is 0 Å². The number of thiophene rings is 1. The van der Waals surface area contributed by atoms with Crippen molar-refractivity contribution >= 4 is 27.2 Å². The second-order valence-corrected chi connectivity index (χ2v) is 18.0. The first kappa shape index (κ1) is 43.7. The molecule has 5 unspecified atom stereocenters. The van der Waals surface area contributed by atoms with Crippen LogP contribution in [0.15, 0.2) is 115 Å². The van der Waals surface area contributed by atoms with Gasteiger partial charge in [-0.1, -0.05) is 91.4 Å². The summed E-state index contributed by atoms with van der Waals surface area (Å²) in [7, 11) is 0. The van der Waals surface area contributed by atoms with Gasteiger partial charge in [0.2, 0.25) is 5.78 Å². The standard InChI is InChI=1S/C49H54F3NO6S/c1-33-9-8-23-47(2)43(41-21-17-36(25-38(54)18-14-33)26-42(41)46(56)45-27-37-12-6-7-13-44(37)60-45)22-24-48(47,57)32-53(28-34-15-19-40(20-16-34)59-49(50,51)52)29-39(55)31-58-30-35-10-4-3-5-11-35/h3-7,9-13,15-17,19-21,26-27,38-39,43,54-55,57H,8,14,18,22-25,28-32H2,1-2H3. The van der Waals surface area contributed by atoms with Crippen molar-refractivity contribution in [3.63, 3.8) is 0 Å². The van der Waals surface area contributed by atoms with Crippen molar-refractivity contribution in [2.45, 2.75) is 102 Å². The maximum atomic E-state index is 14.7. The van der Waals surface area contributed by atoms with Crippen LogP contribution in [0.1, 0.15) is 95.8 Å². The lowest BCUT2D eigenvalue weighted by molar-refractivity contribution is -0.274. The van der Waals surface area contributed by atoms with E-state index in [1.165, 1.54) is 29.0 Å². The van der Waals surface area contributed by atoms with E-state index in [4.69, 9.17) is 4.74 Å². The highest BCUT2D eigenvalue weighted by Gasteiger charge is 2.57. The Hall–Kier alpha value is -4.36. The summed E-state index contributed by atoms with van der Waals surface area (Å²) in [6.07, 6.45) is -0.0918. The van der Waals surface area contributed by atoms with Crippen LogP contribution in [0.4, 0.5) is 13.2 Å². The van der Waals surface area contributed by atoms with E-state index in [0.29, 0.717) is 61.1 Å². The molecule has 1 aromatic heterocycles. The molecule has 2 bridgehead atoms. The number of ketones is 1. The molecule has 0 spiro atoms. The van der Waals surface area contributed by atoms with Crippen molar-refractivity contribution in [1.82, 2.24) is 4.90 Å². The number of carbonyl (C=O) groups is 1. The number of fused-ring (bicyclic) bond motifs is 9. The van der Waals surface area contributed by atoms with Crippen molar-refractivity contribution in [2.24, 2.45) is 5.41 Å². The Balaban J connectivity index is 1.22. The SMILES string of the molecule is CC1=CCCC2(C)C(CCC2(O)CN(Cc2ccc(OC(F)(F)F)cc2)CC(O)COCc2ccccc2)c2ccc(cc2C(=O)c2cc3ccccc3s2)CC(O)CC1. The van der Waals surface area contributed by atoms with Gasteiger partial charge in [-0.3, -0.25) is 9.69 Å². The van der Waals surface area contributed by atoms with E-state index in [-0.39, 0.29) is 43.7 Å². The molecule has 0 radical (unpaired) electrons. The highest BCUT2D eigenvalue weighted by molar-refractivity contribution is 7.21. The second-order valence-electron chi connectivity index (χ2n) is 16.9. The minimum absolute atomic E-state index is 0.0381. The maximum Gasteiger partial charge on any atom is 0.573 e. The molecule has 4 aromatic carbocycles. The quantitative estimate of drug-likeness (QED) is 0.0802. The van der Waals surface area contributed by atoms with E-state index >= 15 is 0 Å². The average Bonchev–Trinajstić information content (AvgIpc) is 3.75. The molecule has 1 fully saturated rings. The zero-order valence-electron chi connectivity index (χ0n) is 34.2. The van der Waals surface area contributed by atoms with E-state index in [9.17, 15) is 33.3 Å². The highest BCUT2D eigenvalue weighted by atomic mass is 32.1. The molecule has 318 valence electrons. The van der Waals surface area contributed by atoms with E-state index in [2.05, 4.69) is 24.7 Å². The van der Waals surface area contributed by atoms with Gasteiger partial charge >= 0.3 is 6.36 Å². The number of carbonyl (C=O) groups excluding carboxylic acids is 1. The van der Waals surface area contributed by atoms with Crippen LogP contribution in [0.5, 0.6) is 5.75 Å². The van der Waals surface area contributed by atoms with Gasteiger partial charge in [-0.15, -0.1) is 24.5 Å². The number of hydrogen-bond acceptors (Lipinski definition) is 8. The molecule has 1 heterocycles. The first-order valence-electron chi connectivity index (χ1n) is 20.8. The van der Waals surface area contributed by atoms with Crippen LogP contribution < -0.4 is 4.74 Å². The van der Waals surface area contributed by atoms with Gasteiger partial charge in [0, 0.05) is 35.3 Å². The summed E-state index contributed by atoms with van der Waals surface area (Å²) in [6.45, 7) is 5.06. The molecule has 0 amide bonds. The Morgan fingerprint density at radius 3 is 2.45 bits per heavy atom. The van der Waals surface area contributed by atoms with Crippen molar-refractivity contribution in [2.75, 3.05) is 19.7 Å². The molecule has 5 aromatic rings. The topological polar surface area (TPSA) is 99.5 Å². The molecule has 3 aliphatic carbocycles. The number of rotatable bonds is 13. The Morgan fingerprint density at radius 1 is 0.950 bits per heavy atom. The summed E-state index contributed by atoms with van der Waals surface area (Å²) in [5.74, 6) is -0.630. The van der Waals surface area contributed by atoms with Crippen molar-refractivity contribution < 1.29 is 42.8 Å². The van der Waals surface area contributed by atoms with E-state index in [1.807, 2.05) is 83.8 Å². The number of alkyl halides is 3. The molecule has 1 saturated carbocycles. The third kappa shape index (κ3) is 10.6. The Bertz CT molecular complexity index is 2230. The predicted octanol–water partition coefficient (Wildman–Crippen LogP) is 10.1. The summed E-state index contributed by atoms with van der Waals surface area (Å²) in [5, 5.41) is 36.6. The number of hydrogen-bond donors (Lipinski definition) is 3. The van der Waals surface area contributed by atoms with Gasteiger partial charge in [0.25, 0.3) is 0 Å². The average molecular weight is 842 g/mol. The number of ether oxygens (including phenoxy) is 2. The molecule has 11 heteroatoms. The number of aliphatic hydroxyl groups is 3. The molecule has 3 N–H and O–H groups in total. The lowest BCUT2D eigenvalue weighted by Crippen LogP contribution is -2.53. The van der Waals surface area contributed by atoms with E-state index < -0.39 is 29.6 Å². The summed E-state index contributed by atoms with van der Waals surface area (Å²) in [5.41, 5.74) is 3.10. The fraction of sp³-hybridized carbons (Fsp3) is 0.408. The third-order valence-corrected chi connectivity index (χ3v) is 13.6. The van der Waals surface area contributed by atoms with Crippen LogP contribution in [-0.4, -0.2) is 69.9 Å². The summed E-state index contributed by atoms with van der Waals surface area (Å²) in [4.78, 5) is 17.3. The first-order valence-corrected chi connectivity index (χ1v) is 21.6. The molecule has 0 saturated heterocycles. The lowest BCUT2D eigenvalue weighted by Gasteiger charge is -2.46. The highest BCUT2D eigenvalue weighted by Crippen LogP contribution is 2.59. The fourth-order valence-corrected chi connectivity index (χ4v) is 10.3. The minimum Gasteiger partial charge on any atom is -0.406 e. The smallest absolute Gasteiger partial charge is 0.406 e. The Labute approximate surface area is 354 Å². The van der Waals surface area contributed by atoms with Crippen LogP contribution >= 0.6 is 11.3 Å². The zero-order chi connectivity index (χ0) is 42.5.